The first-order valence-electron chi connectivity index (χ1n) is 8.64. The highest BCUT2D eigenvalue weighted by Crippen LogP contribution is 2.16. The van der Waals surface area contributed by atoms with E-state index in [0.717, 1.165) is 11.4 Å². The molecule has 2 aromatic carbocycles. The lowest BCUT2D eigenvalue weighted by Gasteiger charge is -2.18. The molecule has 0 aromatic heterocycles. The van der Waals surface area contributed by atoms with Gasteiger partial charge in [0.25, 0.3) is 5.91 Å². The minimum Gasteiger partial charge on any atom is -0.497 e. The number of benzene rings is 2. The van der Waals surface area contributed by atoms with E-state index in [9.17, 15) is 9.59 Å². The number of amides is 2. The van der Waals surface area contributed by atoms with Crippen molar-refractivity contribution in [3.05, 3.63) is 54.1 Å². The number of nitrogens with one attached hydrogen (secondary N) is 2. The second-order valence-electron chi connectivity index (χ2n) is 5.69. The van der Waals surface area contributed by atoms with Gasteiger partial charge in [-0.1, -0.05) is 6.07 Å². The van der Waals surface area contributed by atoms with E-state index in [1.807, 2.05) is 38.1 Å². The molecule has 0 bridgehead atoms. The first-order valence-corrected chi connectivity index (χ1v) is 8.64. The average molecular weight is 355 g/mol. The van der Waals surface area contributed by atoms with Gasteiger partial charge in [0.05, 0.1) is 13.7 Å². The summed E-state index contributed by atoms with van der Waals surface area (Å²) in [5.41, 5.74) is 2.07. The van der Waals surface area contributed by atoms with E-state index in [1.165, 1.54) is 0 Å². The summed E-state index contributed by atoms with van der Waals surface area (Å²) in [5, 5.41) is 5.85. The third-order valence-electron chi connectivity index (χ3n) is 3.99. The number of anilines is 2. The van der Waals surface area contributed by atoms with Gasteiger partial charge in [-0.25, -0.2) is 0 Å². The van der Waals surface area contributed by atoms with Crippen LogP contribution in [0.25, 0.3) is 0 Å². The number of ether oxygens (including phenoxy) is 1. The average Bonchev–Trinajstić information content (AvgIpc) is 2.68. The minimum absolute atomic E-state index is 0.00688. The molecule has 2 aromatic rings. The Morgan fingerprint density at radius 1 is 1.00 bits per heavy atom. The molecule has 2 amide bonds. The van der Waals surface area contributed by atoms with Gasteiger partial charge in [0.2, 0.25) is 5.91 Å². The number of hydrogen-bond donors (Lipinski definition) is 2. The fourth-order valence-corrected chi connectivity index (χ4v) is 2.51. The van der Waals surface area contributed by atoms with Crippen molar-refractivity contribution in [1.82, 2.24) is 4.90 Å². The summed E-state index contributed by atoms with van der Waals surface area (Å²) >= 11 is 0. The van der Waals surface area contributed by atoms with Crippen LogP contribution in [0.1, 0.15) is 24.2 Å². The predicted molar refractivity (Wildman–Crippen MR) is 104 cm³/mol. The summed E-state index contributed by atoms with van der Waals surface area (Å²) in [6.07, 6.45) is 0. The van der Waals surface area contributed by atoms with Crippen LogP contribution in [0.3, 0.4) is 0 Å². The Balaban J connectivity index is 1.89. The lowest BCUT2D eigenvalue weighted by atomic mass is 10.1. The van der Waals surface area contributed by atoms with Crippen LogP contribution < -0.4 is 15.4 Å². The zero-order chi connectivity index (χ0) is 18.9. The molecular formula is C20H25N3O3. The second kappa shape index (κ2) is 9.46. The lowest BCUT2D eigenvalue weighted by Crippen LogP contribution is -2.30. The summed E-state index contributed by atoms with van der Waals surface area (Å²) in [6, 6.07) is 14.3. The first kappa shape index (κ1) is 19.3. The molecule has 0 unspecified atom stereocenters. The van der Waals surface area contributed by atoms with E-state index < -0.39 is 0 Å². The molecule has 2 N–H and O–H groups in total. The van der Waals surface area contributed by atoms with Gasteiger partial charge >= 0.3 is 0 Å². The molecule has 0 fully saturated rings. The number of nitrogens with zero attached hydrogens (tertiary/aromatic N) is 1. The van der Waals surface area contributed by atoms with Crippen molar-refractivity contribution in [3.63, 3.8) is 0 Å². The van der Waals surface area contributed by atoms with Gasteiger partial charge in [-0.05, 0) is 50.2 Å². The molecule has 26 heavy (non-hydrogen) atoms. The highest BCUT2D eigenvalue weighted by Gasteiger charge is 2.12. The third kappa shape index (κ3) is 5.24. The highest BCUT2D eigenvalue weighted by atomic mass is 16.5. The number of hydrogen-bond acceptors (Lipinski definition) is 4. The topological polar surface area (TPSA) is 70.7 Å². The van der Waals surface area contributed by atoms with Gasteiger partial charge in [-0.15, -0.1) is 0 Å². The van der Waals surface area contributed by atoms with E-state index in [-0.39, 0.29) is 18.4 Å². The number of methoxy groups -OCH3 is 1. The second-order valence-corrected chi connectivity index (χ2v) is 5.69. The van der Waals surface area contributed by atoms with E-state index in [2.05, 4.69) is 10.6 Å². The largest absolute Gasteiger partial charge is 0.497 e. The number of carbonyl (C=O) groups is 2. The summed E-state index contributed by atoms with van der Waals surface area (Å²) in [6.45, 7) is 5.37. The molecule has 0 atom stereocenters. The molecular weight excluding hydrogens is 330 g/mol. The zero-order valence-corrected chi connectivity index (χ0v) is 15.4. The molecule has 0 aliphatic carbocycles. The van der Waals surface area contributed by atoms with Crippen molar-refractivity contribution in [1.29, 1.82) is 0 Å². The van der Waals surface area contributed by atoms with Crippen LogP contribution in [-0.4, -0.2) is 43.5 Å². The number of rotatable bonds is 8. The molecule has 0 saturated heterocycles. The van der Waals surface area contributed by atoms with Crippen LogP contribution in [-0.2, 0) is 4.79 Å². The number of carbonyl (C=O) groups excluding carboxylic acids is 2. The van der Waals surface area contributed by atoms with Crippen LogP contribution in [0.2, 0.25) is 0 Å². The Labute approximate surface area is 154 Å². The summed E-state index contributed by atoms with van der Waals surface area (Å²) in [7, 11) is 1.60. The van der Waals surface area contributed by atoms with Crippen molar-refractivity contribution in [2.45, 2.75) is 13.8 Å². The van der Waals surface area contributed by atoms with Crippen LogP contribution in [0.4, 0.5) is 11.4 Å². The van der Waals surface area contributed by atoms with Crippen LogP contribution in [0, 0.1) is 0 Å². The molecule has 138 valence electrons. The zero-order valence-electron chi connectivity index (χ0n) is 15.4. The standard InChI is InChI=1S/C20H25N3O3/c1-4-23(5-2)20(25)15-9-11-16(12-10-15)22-19(24)14-21-17-7-6-8-18(13-17)26-3/h6-13,21H,4-5,14H2,1-3H3,(H,22,24). The highest BCUT2D eigenvalue weighted by molar-refractivity contribution is 5.96. The Kier molecular flexibility index (Phi) is 7.02. The lowest BCUT2D eigenvalue weighted by molar-refractivity contribution is -0.114. The van der Waals surface area contributed by atoms with E-state index in [4.69, 9.17) is 4.74 Å². The van der Waals surface area contributed by atoms with E-state index in [0.29, 0.717) is 24.3 Å². The maximum absolute atomic E-state index is 12.3. The molecule has 6 nitrogen and oxygen atoms in total. The molecule has 0 aliphatic heterocycles. The van der Waals surface area contributed by atoms with Crippen molar-refractivity contribution in [2.24, 2.45) is 0 Å². The van der Waals surface area contributed by atoms with Gasteiger partial charge in [0.15, 0.2) is 0 Å². The minimum atomic E-state index is -0.171. The van der Waals surface area contributed by atoms with Crippen molar-refractivity contribution < 1.29 is 14.3 Å². The van der Waals surface area contributed by atoms with Gasteiger partial charge in [-0.2, -0.15) is 0 Å². The van der Waals surface area contributed by atoms with Crippen LogP contribution >= 0.6 is 0 Å². The molecule has 0 aliphatic rings. The Morgan fingerprint density at radius 3 is 2.31 bits per heavy atom. The Hall–Kier alpha value is -3.02. The summed E-state index contributed by atoms with van der Waals surface area (Å²) < 4.78 is 5.15. The molecule has 0 saturated carbocycles. The Bertz CT molecular complexity index is 740. The fourth-order valence-electron chi connectivity index (χ4n) is 2.51. The van der Waals surface area contributed by atoms with Crippen LogP contribution in [0.5, 0.6) is 5.75 Å². The molecule has 0 radical (unpaired) electrons. The van der Waals surface area contributed by atoms with Gasteiger partial charge in [-0.3, -0.25) is 9.59 Å². The first-order chi connectivity index (χ1) is 12.6. The van der Waals surface area contributed by atoms with Crippen molar-refractivity contribution in [3.8, 4) is 5.75 Å². The SMILES string of the molecule is CCN(CC)C(=O)c1ccc(NC(=O)CNc2cccc(OC)c2)cc1. The van der Waals surface area contributed by atoms with Crippen molar-refractivity contribution >= 4 is 23.2 Å². The summed E-state index contributed by atoms with van der Waals surface area (Å²) in [4.78, 5) is 26.1. The van der Waals surface area contributed by atoms with Gasteiger partial charge in [0, 0.05) is 36.1 Å². The molecule has 0 spiro atoms. The van der Waals surface area contributed by atoms with Gasteiger partial charge < -0.3 is 20.3 Å². The monoisotopic (exact) mass is 355 g/mol. The summed E-state index contributed by atoms with van der Waals surface area (Å²) in [5.74, 6) is 0.548. The van der Waals surface area contributed by atoms with E-state index >= 15 is 0 Å². The predicted octanol–water partition coefficient (Wildman–Crippen LogP) is 3.23. The van der Waals surface area contributed by atoms with E-state index in [1.54, 1.807) is 36.3 Å². The molecule has 2 rings (SSSR count). The fraction of sp³-hybridized carbons (Fsp3) is 0.300. The smallest absolute Gasteiger partial charge is 0.253 e. The molecule has 0 heterocycles. The van der Waals surface area contributed by atoms with Gasteiger partial charge in [0.1, 0.15) is 5.75 Å². The normalized spacial score (nSPS) is 10.1. The van der Waals surface area contributed by atoms with Crippen molar-refractivity contribution in [2.75, 3.05) is 37.4 Å². The molecule has 6 heteroatoms. The van der Waals surface area contributed by atoms with Crippen LogP contribution in [0.15, 0.2) is 48.5 Å². The quantitative estimate of drug-likeness (QED) is 0.763. The third-order valence-corrected chi connectivity index (χ3v) is 3.99. The maximum atomic E-state index is 12.3. The maximum Gasteiger partial charge on any atom is 0.253 e. The Morgan fingerprint density at radius 2 is 1.69 bits per heavy atom.